The maximum atomic E-state index is 12.2. The molecule has 110 valence electrons. The fourth-order valence-electron chi connectivity index (χ4n) is 1.73. The number of aryl methyl sites for hydroxylation is 1. The van der Waals surface area contributed by atoms with Crippen LogP contribution in [0.25, 0.3) is 11.2 Å². The van der Waals surface area contributed by atoms with Crippen molar-refractivity contribution in [1.29, 1.82) is 0 Å². The molecule has 0 radical (unpaired) electrons. The van der Waals surface area contributed by atoms with Crippen LogP contribution in [0.5, 0.6) is 5.88 Å². The topological polar surface area (TPSA) is 39.9 Å². The summed E-state index contributed by atoms with van der Waals surface area (Å²) in [5.74, 6) is 0.848. The molecule has 4 nitrogen and oxygen atoms in total. The average molecular weight is 326 g/mol. The number of thioether (sulfide) groups is 1. The Morgan fingerprint density at radius 2 is 2.10 bits per heavy atom. The largest absolute Gasteiger partial charge is 0.481 e. The first kappa shape index (κ1) is 15.2. The van der Waals surface area contributed by atoms with E-state index in [4.69, 9.17) is 16.3 Å². The van der Waals surface area contributed by atoms with Crippen LogP contribution in [0.1, 0.15) is 5.82 Å². The van der Waals surface area contributed by atoms with Crippen LogP contribution >= 0.6 is 23.4 Å². The van der Waals surface area contributed by atoms with Gasteiger partial charge in [0.05, 0.1) is 13.0 Å². The number of fused-ring (bicyclic) bond motifs is 1. The summed E-state index contributed by atoms with van der Waals surface area (Å²) in [5, 5.41) is 0. The molecule has 0 saturated carbocycles. The molecule has 2 rings (SSSR count). The molecule has 0 spiro atoms. The molecule has 0 aliphatic carbocycles. The summed E-state index contributed by atoms with van der Waals surface area (Å²) in [5.41, 5.74) is -3.19. The van der Waals surface area contributed by atoms with Crippen LogP contribution in [0.4, 0.5) is 13.2 Å². The molecule has 0 aliphatic rings. The Labute approximate surface area is 122 Å². The van der Waals surface area contributed by atoms with Crippen molar-refractivity contribution in [2.45, 2.75) is 17.9 Å². The summed E-state index contributed by atoms with van der Waals surface area (Å²) in [6, 6.07) is 3.34. The standard InChI is InChI=1S/C11H11ClF3N3OS/c1-19-9-3-2-7-10(17-9)18(8(6-12)16-7)4-5-20-11(13,14)15/h2-3H,4-6H2,1H3. The van der Waals surface area contributed by atoms with Gasteiger partial charge in [-0.25, -0.2) is 4.98 Å². The zero-order valence-electron chi connectivity index (χ0n) is 10.4. The van der Waals surface area contributed by atoms with Crippen molar-refractivity contribution in [1.82, 2.24) is 14.5 Å². The number of aromatic nitrogens is 3. The van der Waals surface area contributed by atoms with Gasteiger partial charge in [0.15, 0.2) is 5.65 Å². The lowest BCUT2D eigenvalue weighted by atomic mass is 10.4. The number of alkyl halides is 4. The molecule has 0 bridgehead atoms. The number of hydrogen-bond donors (Lipinski definition) is 0. The van der Waals surface area contributed by atoms with Crippen LogP contribution in [0.2, 0.25) is 0 Å². The van der Waals surface area contributed by atoms with Gasteiger partial charge in [-0.2, -0.15) is 18.2 Å². The molecule has 0 saturated heterocycles. The minimum Gasteiger partial charge on any atom is -0.481 e. The van der Waals surface area contributed by atoms with Crippen LogP contribution in [0.3, 0.4) is 0 Å². The summed E-state index contributed by atoms with van der Waals surface area (Å²) in [6.07, 6.45) is 0. The first-order chi connectivity index (χ1) is 9.44. The van der Waals surface area contributed by atoms with E-state index in [2.05, 4.69) is 9.97 Å². The molecular formula is C11H11ClF3N3OS. The number of ether oxygens (including phenoxy) is 1. The van der Waals surface area contributed by atoms with Crippen LogP contribution < -0.4 is 4.74 Å². The summed E-state index contributed by atoms with van der Waals surface area (Å²) < 4.78 is 43.1. The molecule has 0 fully saturated rings. The Balaban J connectivity index is 2.29. The van der Waals surface area contributed by atoms with Gasteiger partial charge >= 0.3 is 5.51 Å². The molecular weight excluding hydrogens is 315 g/mol. The fraction of sp³-hybridized carbons (Fsp3) is 0.455. The molecule has 9 heteroatoms. The summed E-state index contributed by atoms with van der Waals surface area (Å²) in [6.45, 7) is 0.128. The van der Waals surface area contributed by atoms with Crippen molar-refractivity contribution in [2.24, 2.45) is 0 Å². The van der Waals surface area contributed by atoms with Gasteiger partial charge in [0.25, 0.3) is 0 Å². The number of methoxy groups -OCH3 is 1. The second-order valence-electron chi connectivity index (χ2n) is 3.80. The molecule has 2 heterocycles. The normalized spacial score (nSPS) is 12.1. The predicted octanol–water partition coefficient (Wildman–Crippen LogP) is 3.43. The van der Waals surface area contributed by atoms with Gasteiger partial charge in [-0.15, -0.1) is 11.6 Å². The predicted molar refractivity (Wildman–Crippen MR) is 72.2 cm³/mol. The zero-order chi connectivity index (χ0) is 14.8. The van der Waals surface area contributed by atoms with Crippen LogP contribution in [-0.2, 0) is 12.4 Å². The number of imidazole rings is 1. The maximum Gasteiger partial charge on any atom is 0.441 e. The number of rotatable bonds is 5. The van der Waals surface area contributed by atoms with Crippen molar-refractivity contribution in [3.05, 3.63) is 18.0 Å². The van der Waals surface area contributed by atoms with Gasteiger partial charge in [0.2, 0.25) is 5.88 Å². The highest BCUT2D eigenvalue weighted by atomic mass is 35.5. The Bertz CT molecular complexity index is 602. The van der Waals surface area contributed by atoms with Gasteiger partial charge in [0, 0.05) is 18.4 Å². The number of nitrogens with zero attached hydrogens (tertiary/aromatic N) is 3. The monoisotopic (exact) mass is 325 g/mol. The van der Waals surface area contributed by atoms with Crippen molar-refractivity contribution in [3.8, 4) is 5.88 Å². The average Bonchev–Trinajstić information content (AvgIpc) is 2.74. The molecule has 0 amide bonds. The van der Waals surface area contributed by atoms with Crippen molar-refractivity contribution < 1.29 is 17.9 Å². The van der Waals surface area contributed by atoms with E-state index < -0.39 is 5.51 Å². The molecule has 2 aromatic heterocycles. The van der Waals surface area contributed by atoms with E-state index in [1.165, 1.54) is 7.11 Å². The van der Waals surface area contributed by atoms with Crippen molar-refractivity contribution in [3.63, 3.8) is 0 Å². The number of hydrogen-bond acceptors (Lipinski definition) is 4. The highest BCUT2D eigenvalue weighted by Gasteiger charge is 2.27. The Morgan fingerprint density at radius 1 is 1.35 bits per heavy atom. The number of halogens is 4. The maximum absolute atomic E-state index is 12.2. The van der Waals surface area contributed by atoms with Gasteiger partial charge in [-0.1, -0.05) is 0 Å². The fourth-order valence-corrected chi connectivity index (χ4v) is 2.44. The van der Waals surface area contributed by atoms with Crippen LogP contribution in [0, 0.1) is 0 Å². The van der Waals surface area contributed by atoms with E-state index in [-0.39, 0.29) is 29.9 Å². The third-order valence-corrected chi connectivity index (χ3v) is 3.51. The second-order valence-corrected chi connectivity index (χ2v) is 5.23. The molecule has 0 unspecified atom stereocenters. The van der Waals surface area contributed by atoms with Gasteiger partial charge < -0.3 is 9.30 Å². The molecule has 0 N–H and O–H groups in total. The van der Waals surface area contributed by atoms with Crippen LogP contribution in [-0.4, -0.2) is 32.9 Å². The highest BCUT2D eigenvalue weighted by molar-refractivity contribution is 8.00. The highest BCUT2D eigenvalue weighted by Crippen LogP contribution is 2.30. The summed E-state index contributed by atoms with van der Waals surface area (Å²) in [7, 11) is 1.47. The van der Waals surface area contributed by atoms with E-state index in [9.17, 15) is 13.2 Å². The third kappa shape index (κ3) is 3.49. The van der Waals surface area contributed by atoms with Gasteiger partial charge in [-0.3, -0.25) is 0 Å². The molecule has 0 aromatic carbocycles. The Hall–Kier alpha value is -1.15. The van der Waals surface area contributed by atoms with Crippen molar-refractivity contribution in [2.75, 3.05) is 12.9 Å². The van der Waals surface area contributed by atoms with Gasteiger partial charge in [0.1, 0.15) is 11.3 Å². The van der Waals surface area contributed by atoms with E-state index in [0.717, 1.165) is 0 Å². The molecule has 2 aromatic rings. The van der Waals surface area contributed by atoms with E-state index >= 15 is 0 Å². The summed E-state index contributed by atoms with van der Waals surface area (Å²) >= 11 is 5.69. The smallest absolute Gasteiger partial charge is 0.441 e. The van der Waals surface area contributed by atoms with E-state index in [1.54, 1.807) is 16.7 Å². The second kappa shape index (κ2) is 6.09. The molecule has 20 heavy (non-hydrogen) atoms. The molecule has 0 atom stereocenters. The lowest BCUT2D eigenvalue weighted by Crippen LogP contribution is -2.09. The van der Waals surface area contributed by atoms with E-state index in [1.807, 2.05) is 0 Å². The van der Waals surface area contributed by atoms with E-state index in [0.29, 0.717) is 22.9 Å². The number of pyridine rings is 1. The quantitative estimate of drug-likeness (QED) is 0.790. The summed E-state index contributed by atoms with van der Waals surface area (Å²) in [4.78, 5) is 8.45. The Kier molecular flexibility index (Phi) is 4.64. The third-order valence-electron chi connectivity index (χ3n) is 2.56. The first-order valence-corrected chi connectivity index (χ1v) is 7.13. The van der Waals surface area contributed by atoms with Crippen LogP contribution in [0.15, 0.2) is 12.1 Å². The van der Waals surface area contributed by atoms with Crippen molar-refractivity contribution >= 4 is 34.5 Å². The lowest BCUT2D eigenvalue weighted by Gasteiger charge is -2.09. The SMILES string of the molecule is COc1ccc2nc(CCl)n(CCSC(F)(F)F)c2n1. The minimum absolute atomic E-state index is 0.0812. The zero-order valence-corrected chi connectivity index (χ0v) is 12.0. The lowest BCUT2D eigenvalue weighted by molar-refractivity contribution is -0.0328. The minimum atomic E-state index is -4.25. The van der Waals surface area contributed by atoms with Gasteiger partial charge in [-0.05, 0) is 17.8 Å². The molecule has 0 aliphatic heterocycles. The first-order valence-electron chi connectivity index (χ1n) is 5.61. The Morgan fingerprint density at radius 3 is 2.70 bits per heavy atom.